The van der Waals surface area contributed by atoms with Crippen molar-refractivity contribution in [3.05, 3.63) is 35.5 Å². The minimum atomic E-state index is 0.119. The van der Waals surface area contributed by atoms with Crippen LogP contribution in [-0.2, 0) is 4.74 Å². The SMILES string of the molecule is CC[C@@H](COC)C(=N)c1cc(C)nc2cc(N(C)C3CC3)ccc12. The van der Waals surface area contributed by atoms with Crippen LogP contribution >= 0.6 is 0 Å². The van der Waals surface area contributed by atoms with Gasteiger partial charge in [-0.05, 0) is 44.4 Å². The van der Waals surface area contributed by atoms with Crippen LogP contribution in [0.15, 0.2) is 24.3 Å². The summed E-state index contributed by atoms with van der Waals surface area (Å²) in [6.45, 7) is 4.70. The van der Waals surface area contributed by atoms with E-state index in [1.54, 1.807) is 7.11 Å². The zero-order valence-corrected chi connectivity index (χ0v) is 15.1. The number of hydrogen-bond donors (Lipinski definition) is 1. The summed E-state index contributed by atoms with van der Waals surface area (Å²) in [4.78, 5) is 7.06. The fourth-order valence-corrected chi connectivity index (χ4v) is 3.29. The molecule has 0 aliphatic heterocycles. The molecule has 1 N–H and O–H groups in total. The number of ether oxygens (including phenoxy) is 1. The first kappa shape index (κ1) is 16.9. The molecule has 1 aliphatic rings. The minimum Gasteiger partial charge on any atom is -0.384 e. The van der Waals surface area contributed by atoms with Crippen LogP contribution in [0.25, 0.3) is 10.9 Å². The molecule has 1 aromatic heterocycles. The average molecular weight is 325 g/mol. The molecule has 128 valence electrons. The third kappa shape index (κ3) is 3.29. The lowest BCUT2D eigenvalue weighted by Crippen LogP contribution is -2.20. The predicted octanol–water partition coefficient (Wildman–Crippen LogP) is 4.18. The van der Waals surface area contributed by atoms with Gasteiger partial charge in [0.25, 0.3) is 0 Å². The van der Waals surface area contributed by atoms with Crippen molar-refractivity contribution in [2.45, 2.75) is 39.2 Å². The minimum absolute atomic E-state index is 0.119. The number of aromatic nitrogens is 1. The van der Waals surface area contributed by atoms with E-state index >= 15 is 0 Å². The van der Waals surface area contributed by atoms with Gasteiger partial charge in [-0.2, -0.15) is 0 Å². The highest BCUT2D eigenvalue weighted by Gasteiger charge is 2.26. The van der Waals surface area contributed by atoms with Gasteiger partial charge >= 0.3 is 0 Å². The van der Waals surface area contributed by atoms with Crippen LogP contribution in [-0.4, -0.2) is 37.5 Å². The number of aryl methyl sites for hydroxylation is 1. The lowest BCUT2D eigenvalue weighted by atomic mass is 9.92. The van der Waals surface area contributed by atoms with E-state index in [1.165, 1.54) is 18.5 Å². The molecule has 1 atom stereocenters. The Labute approximate surface area is 144 Å². The van der Waals surface area contributed by atoms with E-state index in [1.807, 2.05) is 13.0 Å². The lowest BCUT2D eigenvalue weighted by Gasteiger charge is -2.21. The molecule has 0 amide bonds. The first-order valence-corrected chi connectivity index (χ1v) is 8.77. The molecule has 1 aromatic carbocycles. The smallest absolute Gasteiger partial charge is 0.0732 e. The van der Waals surface area contributed by atoms with Crippen molar-refractivity contribution >= 4 is 22.3 Å². The molecule has 4 nitrogen and oxygen atoms in total. The molecule has 1 aliphatic carbocycles. The number of benzene rings is 1. The highest BCUT2D eigenvalue weighted by atomic mass is 16.5. The molecule has 0 unspecified atom stereocenters. The Morgan fingerprint density at radius 1 is 1.38 bits per heavy atom. The van der Waals surface area contributed by atoms with Gasteiger partial charge in [0.1, 0.15) is 0 Å². The Hall–Kier alpha value is -1.94. The summed E-state index contributed by atoms with van der Waals surface area (Å²) in [6.07, 6.45) is 3.46. The fourth-order valence-electron chi connectivity index (χ4n) is 3.29. The number of anilines is 1. The maximum atomic E-state index is 8.67. The van der Waals surface area contributed by atoms with Gasteiger partial charge in [0.2, 0.25) is 0 Å². The molecule has 1 saturated carbocycles. The van der Waals surface area contributed by atoms with Crippen LogP contribution in [0.5, 0.6) is 0 Å². The predicted molar refractivity (Wildman–Crippen MR) is 100 cm³/mol. The van der Waals surface area contributed by atoms with Crippen LogP contribution in [0.1, 0.15) is 37.4 Å². The summed E-state index contributed by atoms with van der Waals surface area (Å²) in [5.74, 6) is 0.119. The summed E-state index contributed by atoms with van der Waals surface area (Å²) in [7, 11) is 3.86. The van der Waals surface area contributed by atoms with E-state index < -0.39 is 0 Å². The van der Waals surface area contributed by atoms with Gasteiger partial charge in [0, 0.05) is 54.2 Å². The normalized spacial score (nSPS) is 15.5. The summed E-state index contributed by atoms with van der Waals surface area (Å²) >= 11 is 0. The van der Waals surface area contributed by atoms with Crippen molar-refractivity contribution < 1.29 is 4.74 Å². The number of pyridine rings is 1. The zero-order valence-electron chi connectivity index (χ0n) is 15.1. The Morgan fingerprint density at radius 3 is 2.75 bits per heavy atom. The van der Waals surface area contributed by atoms with Crippen molar-refractivity contribution in [1.29, 1.82) is 5.41 Å². The van der Waals surface area contributed by atoms with Gasteiger partial charge in [-0.15, -0.1) is 0 Å². The summed E-state index contributed by atoms with van der Waals surface area (Å²) in [6, 6.07) is 9.16. The average Bonchev–Trinajstić information content (AvgIpc) is 3.42. The number of nitrogens with zero attached hydrogens (tertiary/aromatic N) is 2. The molecular formula is C20H27N3O. The van der Waals surface area contributed by atoms with E-state index in [9.17, 15) is 0 Å². The second-order valence-corrected chi connectivity index (χ2v) is 6.83. The molecule has 3 rings (SSSR count). The Bertz CT molecular complexity index is 752. The van der Waals surface area contributed by atoms with Gasteiger partial charge in [-0.25, -0.2) is 0 Å². The van der Waals surface area contributed by atoms with Crippen molar-refractivity contribution in [3.8, 4) is 0 Å². The molecule has 0 bridgehead atoms. The summed E-state index contributed by atoms with van der Waals surface area (Å²) < 4.78 is 5.30. The summed E-state index contributed by atoms with van der Waals surface area (Å²) in [5.41, 5.74) is 4.79. The molecule has 4 heteroatoms. The van der Waals surface area contributed by atoms with Crippen LogP contribution in [0.2, 0.25) is 0 Å². The molecule has 1 heterocycles. The highest BCUT2D eigenvalue weighted by Crippen LogP contribution is 2.32. The first-order chi connectivity index (χ1) is 11.5. The number of fused-ring (bicyclic) bond motifs is 1. The maximum Gasteiger partial charge on any atom is 0.0732 e. The lowest BCUT2D eigenvalue weighted by molar-refractivity contribution is 0.174. The topological polar surface area (TPSA) is 49.2 Å². The third-order valence-electron chi connectivity index (χ3n) is 4.98. The van der Waals surface area contributed by atoms with Crippen molar-refractivity contribution in [3.63, 3.8) is 0 Å². The molecule has 0 radical (unpaired) electrons. The Morgan fingerprint density at radius 2 is 2.12 bits per heavy atom. The van der Waals surface area contributed by atoms with Crippen molar-refractivity contribution in [2.75, 3.05) is 25.7 Å². The quantitative estimate of drug-likeness (QED) is 0.777. The van der Waals surface area contributed by atoms with Crippen LogP contribution in [0, 0.1) is 18.3 Å². The molecule has 2 aromatic rings. The Balaban J connectivity index is 2.03. The van der Waals surface area contributed by atoms with E-state index in [0.29, 0.717) is 18.4 Å². The van der Waals surface area contributed by atoms with Crippen LogP contribution < -0.4 is 4.90 Å². The molecule has 0 spiro atoms. The van der Waals surface area contributed by atoms with E-state index in [4.69, 9.17) is 15.1 Å². The van der Waals surface area contributed by atoms with Gasteiger partial charge in [0.15, 0.2) is 0 Å². The van der Waals surface area contributed by atoms with Crippen LogP contribution in [0.4, 0.5) is 5.69 Å². The van der Waals surface area contributed by atoms with Crippen molar-refractivity contribution in [2.24, 2.45) is 5.92 Å². The molecule has 24 heavy (non-hydrogen) atoms. The zero-order chi connectivity index (χ0) is 17.3. The van der Waals surface area contributed by atoms with Gasteiger partial charge in [-0.1, -0.05) is 13.0 Å². The molecule has 1 fully saturated rings. The first-order valence-electron chi connectivity index (χ1n) is 8.77. The van der Waals surface area contributed by atoms with E-state index in [-0.39, 0.29) is 5.92 Å². The van der Waals surface area contributed by atoms with E-state index in [2.05, 4.69) is 37.1 Å². The Kier molecular flexibility index (Phi) is 4.86. The van der Waals surface area contributed by atoms with Gasteiger partial charge < -0.3 is 15.0 Å². The standard InChI is InChI=1S/C20H27N3O/c1-5-14(12-24-4)20(21)18-10-13(2)22-19-11-16(8-9-17(18)19)23(3)15-6-7-15/h8-11,14-15,21H,5-7,12H2,1-4H3/t14-/m0/s1. The van der Waals surface area contributed by atoms with Crippen molar-refractivity contribution in [1.82, 2.24) is 4.98 Å². The number of rotatable bonds is 7. The molecular weight excluding hydrogens is 298 g/mol. The van der Waals surface area contributed by atoms with Crippen LogP contribution in [0.3, 0.4) is 0 Å². The third-order valence-corrected chi connectivity index (χ3v) is 4.98. The number of nitrogens with one attached hydrogen (secondary N) is 1. The monoisotopic (exact) mass is 325 g/mol. The second-order valence-electron chi connectivity index (χ2n) is 6.83. The largest absolute Gasteiger partial charge is 0.384 e. The second kappa shape index (κ2) is 6.89. The number of hydrogen-bond acceptors (Lipinski definition) is 4. The fraction of sp³-hybridized carbons (Fsp3) is 0.500. The van der Waals surface area contributed by atoms with Gasteiger partial charge in [-0.3, -0.25) is 4.98 Å². The van der Waals surface area contributed by atoms with Gasteiger partial charge in [0.05, 0.1) is 12.1 Å². The number of methoxy groups -OCH3 is 1. The summed E-state index contributed by atoms with van der Waals surface area (Å²) in [5, 5.41) is 9.73. The van der Waals surface area contributed by atoms with E-state index in [0.717, 1.165) is 28.6 Å². The highest BCUT2D eigenvalue weighted by molar-refractivity contribution is 6.10. The maximum absolute atomic E-state index is 8.67. The molecule has 0 saturated heterocycles.